The molecule has 1 heterocycles. The first kappa shape index (κ1) is 23.1. The first-order valence-electron chi connectivity index (χ1n) is 11.0. The topological polar surface area (TPSA) is 87.9 Å². The molecule has 3 N–H and O–H groups in total. The summed E-state index contributed by atoms with van der Waals surface area (Å²) in [5, 5.41) is 2.87. The average molecular weight is 397 g/mol. The van der Waals surface area contributed by atoms with Gasteiger partial charge in [-0.25, -0.2) is 0 Å². The first-order valence-corrected chi connectivity index (χ1v) is 11.0. The molecule has 2 rings (SSSR count). The molecule has 1 saturated heterocycles. The summed E-state index contributed by atoms with van der Waals surface area (Å²) in [5.74, 6) is 1.08. The van der Waals surface area contributed by atoms with Crippen molar-refractivity contribution >= 4 is 11.8 Å². The number of methoxy groups -OCH3 is 1. The fourth-order valence-corrected chi connectivity index (χ4v) is 4.67. The molecule has 0 radical (unpaired) electrons. The van der Waals surface area contributed by atoms with Crippen molar-refractivity contribution < 1.29 is 14.3 Å². The minimum absolute atomic E-state index is 0.0141. The Hall–Kier alpha value is -1.18. The van der Waals surface area contributed by atoms with Gasteiger partial charge in [0.2, 0.25) is 11.8 Å². The highest BCUT2D eigenvalue weighted by atomic mass is 16.5. The van der Waals surface area contributed by atoms with Crippen molar-refractivity contribution in [1.82, 2.24) is 15.1 Å². The minimum Gasteiger partial charge on any atom is -0.375 e. The van der Waals surface area contributed by atoms with Gasteiger partial charge in [0.05, 0.1) is 0 Å². The zero-order valence-corrected chi connectivity index (χ0v) is 18.0. The maximum atomic E-state index is 12.7. The summed E-state index contributed by atoms with van der Waals surface area (Å²) in [7, 11) is 1.52. The molecule has 0 spiro atoms. The van der Waals surface area contributed by atoms with Crippen molar-refractivity contribution in [3.63, 3.8) is 0 Å². The van der Waals surface area contributed by atoms with Crippen LogP contribution in [-0.2, 0) is 14.3 Å². The Morgan fingerprint density at radius 2 is 1.96 bits per heavy atom. The third kappa shape index (κ3) is 6.71. The molecule has 0 aromatic carbocycles. The number of nitrogens with one attached hydrogen (secondary N) is 1. The molecule has 2 aliphatic rings. The minimum atomic E-state index is -0.430. The molecule has 0 aromatic heterocycles. The molecule has 7 nitrogen and oxygen atoms in total. The van der Waals surface area contributed by atoms with E-state index in [0.717, 1.165) is 19.0 Å². The normalized spacial score (nSPS) is 23.6. The van der Waals surface area contributed by atoms with Crippen LogP contribution in [0.1, 0.15) is 52.4 Å². The van der Waals surface area contributed by atoms with Crippen molar-refractivity contribution in [2.45, 2.75) is 64.5 Å². The number of nitrogens with two attached hydrogens (primary N) is 1. The quantitative estimate of drug-likeness (QED) is 0.580. The van der Waals surface area contributed by atoms with Gasteiger partial charge in [-0.15, -0.1) is 0 Å². The lowest BCUT2D eigenvalue weighted by molar-refractivity contribution is -0.141. The maximum absolute atomic E-state index is 12.7. The van der Waals surface area contributed by atoms with E-state index < -0.39 is 6.04 Å². The molecule has 162 valence electrons. The molecule has 1 aliphatic heterocycles. The highest BCUT2D eigenvalue weighted by Crippen LogP contribution is 2.29. The smallest absolute Gasteiger partial charge is 0.249 e. The van der Waals surface area contributed by atoms with Crippen LogP contribution in [-0.4, -0.2) is 80.1 Å². The van der Waals surface area contributed by atoms with E-state index in [4.69, 9.17) is 10.5 Å². The zero-order chi connectivity index (χ0) is 20.5. The fourth-order valence-electron chi connectivity index (χ4n) is 4.67. The molecule has 2 amide bonds. The van der Waals surface area contributed by atoms with Crippen LogP contribution < -0.4 is 11.1 Å². The molecule has 2 atom stereocenters. The Kier molecular flexibility index (Phi) is 9.68. The summed E-state index contributed by atoms with van der Waals surface area (Å²) in [5.41, 5.74) is 5.53. The SMILES string of the molecule is COCC(=O)N1CC(N(CC(C)C)CC2CCCCC2)CC1C(=O)NCCN. The maximum Gasteiger partial charge on any atom is 0.249 e. The van der Waals surface area contributed by atoms with Crippen LogP contribution in [0.25, 0.3) is 0 Å². The zero-order valence-electron chi connectivity index (χ0n) is 18.0. The van der Waals surface area contributed by atoms with Gasteiger partial charge >= 0.3 is 0 Å². The van der Waals surface area contributed by atoms with Crippen LogP contribution in [0.5, 0.6) is 0 Å². The average Bonchev–Trinajstić information content (AvgIpc) is 3.12. The highest BCUT2D eigenvalue weighted by Gasteiger charge is 2.42. The van der Waals surface area contributed by atoms with Crippen molar-refractivity contribution in [2.75, 3.05) is 46.4 Å². The predicted molar refractivity (Wildman–Crippen MR) is 111 cm³/mol. The van der Waals surface area contributed by atoms with E-state index in [0.29, 0.717) is 32.0 Å². The number of nitrogens with zero attached hydrogens (tertiary/aromatic N) is 2. The van der Waals surface area contributed by atoms with Gasteiger partial charge < -0.3 is 20.7 Å². The molecular formula is C21H40N4O3. The van der Waals surface area contributed by atoms with Crippen molar-refractivity contribution in [2.24, 2.45) is 17.6 Å². The Morgan fingerprint density at radius 3 is 2.57 bits per heavy atom. The van der Waals surface area contributed by atoms with E-state index in [-0.39, 0.29) is 24.5 Å². The molecule has 1 saturated carbocycles. The fraction of sp³-hybridized carbons (Fsp3) is 0.905. The van der Waals surface area contributed by atoms with Gasteiger partial charge in [0, 0.05) is 45.9 Å². The molecular weight excluding hydrogens is 356 g/mol. The summed E-state index contributed by atoms with van der Waals surface area (Å²) in [6.07, 6.45) is 7.29. The Labute approximate surface area is 170 Å². The molecule has 28 heavy (non-hydrogen) atoms. The predicted octanol–water partition coefficient (Wildman–Crippen LogP) is 1.22. The standard InChI is InChI=1S/C21H40N4O3/c1-16(2)12-24(13-17-7-5-4-6-8-17)18-11-19(21(27)23-10-9-22)25(14-18)20(26)15-28-3/h16-19H,4-15,22H2,1-3H3,(H,23,27). The largest absolute Gasteiger partial charge is 0.375 e. The van der Waals surface area contributed by atoms with E-state index in [1.165, 1.54) is 39.2 Å². The lowest BCUT2D eigenvalue weighted by atomic mass is 9.88. The van der Waals surface area contributed by atoms with E-state index in [1.807, 2.05) is 0 Å². The number of rotatable bonds is 10. The van der Waals surface area contributed by atoms with Crippen molar-refractivity contribution in [3.05, 3.63) is 0 Å². The monoisotopic (exact) mass is 396 g/mol. The van der Waals surface area contributed by atoms with E-state index in [9.17, 15) is 9.59 Å². The summed E-state index contributed by atoms with van der Waals surface area (Å²) < 4.78 is 5.05. The van der Waals surface area contributed by atoms with Gasteiger partial charge in [-0.05, 0) is 31.1 Å². The lowest BCUT2D eigenvalue weighted by Crippen LogP contribution is -2.48. The van der Waals surface area contributed by atoms with Crippen molar-refractivity contribution in [1.29, 1.82) is 0 Å². The summed E-state index contributed by atoms with van der Waals surface area (Å²) in [6, 6.07) is -0.209. The van der Waals surface area contributed by atoms with Gasteiger partial charge in [0.1, 0.15) is 12.6 Å². The Balaban J connectivity index is 2.10. The number of hydrogen-bond acceptors (Lipinski definition) is 5. The van der Waals surface area contributed by atoms with Crippen LogP contribution in [0, 0.1) is 11.8 Å². The van der Waals surface area contributed by atoms with Gasteiger partial charge in [0.15, 0.2) is 0 Å². The van der Waals surface area contributed by atoms with Crippen LogP contribution in [0.4, 0.5) is 0 Å². The van der Waals surface area contributed by atoms with E-state index in [1.54, 1.807) is 4.90 Å². The van der Waals surface area contributed by atoms with Gasteiger partial charge in [0.25, 0.3) is 0 Å². The Bertz CT molecular complexity index is 494. The van der Waals surface area contributed by atoms with E-state index in [2.05, 4.69) is 24.1 Å². The van der Waals surface area contributed by atoms with Gasteiger partial charge in [-0.3, -0.25) is 14.5 Å². The number of carbonyl (C=O) groups is 2. The van der Waals surface area contributed by atoms with Crippen LogP contribution >= 0.6 is 0 Å². The Morgan fingerprint density at radius 1 is 1.25 bits per heavy atom. The molecule has 2 unspecified atom stereocenters. The van der Waals surface area contributed by atoms with Gasteiger partial charge in [-0.2, -0.15) is 0 Å². The lowest BCUT2D eigenvalue weighted by Gasteiger charge is -2.35. The second kappa shape index (κ2) is 11.7. The molecule has 7 heteroatoms. The number of hydrogen-bond donors (Lipinski definition) is 2. The molecule has 2 fully saturated rings. The number of likely N-dealkylation sites (tertiary alicyclic amines) is 1. The second-order valence-electron chi connectivity index (χ2n) is 8.82. The van der Waals surface area contributed by atoms with Crippen LogP contribution in [0.2, 0.25) is 0 Å². The summed E-state index contributed by atoms with van der Waals surface area (Å²) in [6.45, 7) is 8.00. The summed E-state index contributed by atoms with van der Waals surface area (Å²) >= 11 is 0. The summed E-state index contributed by atoms with van der Waals surface area (Å²) in [4.78, 5) is 29.5. The van der Waals surface area contributed by atoms with Crippen LogP contribution in [0.15, 0.2) is 0 Å². The van der Waals surface area contributed by atoms with Crippen LogP contribution in [0.3, 0.4) is 0 Å². The molecule has 0 bridgehead atoms. The first-order chi connectivity index (χ1) is 13.5. The third-order valence-corrected chi connectivity index (χ3v) is 5.95. The van der Waals surface area contributed by atoms with E-state index >= 15 is 0 Å². The number of ether oxygens (including phenoxy) is 1. The number of carbonyl (C=O) groups excluding carboxylic acids is 2. The third-order valence-electron chi connectivity index (χ3n) is 5.95. The second-order valence-corrected chi connectivity index (χ2v) is 8.82. The molecule has 1 aliphatic carbocycles. The molecule has 0 aromatic rings. The van der Waals surface area contributed by atoms with Gasteiger partial charge in [-0.1, -0.05) is 33.1 Å². The van der Waals surface area contributed by atoms with Crippen molar-refractivity contribution in [3.8, 4) is 0 Å². The number of amides is 2. The highest BCUT2D eigenvalue weighted by molar-refractivity contribution is 5.88.